The fourth-order valence-electron chi connectivity index (χ4n) is 2.16. The van der Waals surface area contributed by atoms with Gasteiger partial charge in [0.25, 0.3) is 0 Å². The molecule has 3 N–H and O–H groups in total. The molecule has 0 bridgehead atoms. The second-order valence-electron chi connectivity index (χ2n) is 4.85. The van der Waals surface area contributed by atoms with Crippen LogP contribution in [-0.2, 0) is 0 Å². The second kappa shape index (κ2) is 6.80. The summed E-state index contributed by atoms with van der Waals surface area (Å²) in [4.78, 5) is 6.64. The van der Waals surface area contributed by atoms with Gasteiger partial charge in [-0.05, 0) is 66.5 Å². The Bertz CT molecular complexity index is 606. The van der Waals surface area contributed by atoms with Crippen LogP contribution in [0.25, 0.3) is 0 Å². The first-order valence-corrected chi connectivity index (χ1v) is 7.88. The van der Waals surface area contributed by atoms with Crippen molar-refractivity contribution in [2.75, 3.05) is 29.0 Å². The summed E-state index contributed by atoms with van der Waals surface area (Å²) >= 11 is 3.54. The van der Waals surface area contributed by atoms with Gasteiger partial charge in [-0.25, -0.2) is 4.98 Å². The van der Waals surface area contributed by atoms with Crippen LogP contribution in [0.4, 0.5) is 22.9 Å². The SMILES string of the molecule is CCN(CC)c1ccc(Nc2ncc(N)c(C)c2Br)cc1. The number of hydrogen-bond acceptors (Lipinski definition) is 4. The van der Waals surface area contributed by atoms with Crippen LogP contribution in [0.2, 0.25) is 0 Å². The van der Waals surface area contributed by atoms with Gasteiger partial charge < -0.3 is 16.0 Å². The molecule has 0 unspecified atom stereocenters. The number of rotatable bonds is 5. The number of hydrogen-bond donors (Lipinski definition) is 2. The molecule has 112 valence electrons. The molecule has 0 aliphatic rings. The summed E-state index contributed by atoms with van der Waals surface area (Å²) in [6, 6.07) is 8.36. The first-order valence-electron chi connectivity index (χ1n) is 7.09. The average molecular weight is 349 g/mol. The molecule has 0 saturated heterocycles. The maximum absolute atomic E-state index is 5.84. The normalized spacial score (nSPS) is 10.5. The highest BCUT2D eigenvalue weighted by molar-refractivity contribution is 9.10. The van der Waals surface area contributed by atoms with Gasteiger partial charge in [-0.1, -0.05) is 0 Å². The lowest BCUT2D eigenvalue weighted by Gasteiger charge is -2.21. The van der Waals surface area contributed by atoms with Crippen LogP contribution < -0.4 is 16.0 Å². The highest BCUT2D eigenvalue weighted by Crippen LogP contribution is 2.30. The molecule has 2 aromatic rings. The molecule has 21 heavy (non-hydrogen) atoms. The van der Waals surface area contributed by atoms with E-state index in [0.717, 1.165) is 34.6 Å². The monoisotopic (exact) mass is 348 g/mol. The fraction of sp³-hybridized carbons (Fsp3) is 0.312. The summed E-state index contributed by atoms with van der Waals surface area (Å²) in [6.45, 7) is 8.30. The molecule has 0 saturated carbocycles. The molecule has 5 heteroatoms. The smallest absolute Gasteiger partial charge is 0.145 e. The third-order valence-electron chi connectivity index (χ3n) is 3.56. The van der Waals surface area contributed by atoms with E-state index in [2.05, 4.69) is 69.2 Å². The lowest BCUT2D eigenvalue weighted by atomic mass is 10.2. The topological polar surface area (TPSA) is 54.2 Å². The van der Waals surface area contributed by atoms with E-state index in [-0.39, 0.29) is 0 Å². The maximum Gasteiger partial charge on any atom is 0.145 e. The quantitative estimate of drug-likeness (QED) is 0.844. The van der Waals surface area contributed by atoms with Gasteiger partial charge in [-0.2, -0.15) is 0 Å². The van der Waals surface area contributed by atoms with E-state index < -0.39 is 0 Å². The largest absolute Gasteiger partial charge is 0.397 e. The van der Waals surface area contributed by atoms with Crippen LogP contribution in [0.1, 0.15) is 19.4 Å². The molecule has 4 nitrogen and oxygen atoms in total. The summed E-state index contributed by atoms with van der Waals surface area (Å²) in [6.07, 6.45) is 1.67. The number of nitrogens with zero attached hydrogens (tertiary/aromatic N) is 2. The highest BCUT2D eigenvalue weighted by Gasteiger charge is 2.08. The molecule has 2 rings (SSSR count). The summed E-state index contributed by atoms with van der Waals surface area (Å²) in [5, 5.41) is 3.31. The van der Waals surface area contributed by atoms with Crippen molar-refractivity contribution in [2.45, 2.75) is 20.8 Å². The molecule has 0 radical (unpaired) electrons. The first-order chi connectivity index (χ1) is 10.1. The number of pyridine rings is 1. The number of aromatic nitrogens is 1. The zero-order valence-electron chi connectivity index (χ0n) is 12.7. The molecule has 0 fully saturated rings. The Morgan fingerprint density at radius 1 is 1.19 bits per heavy atom. The van der Waals surface area contributed by atoms with E-state index in [9.17, 15) is 0 Å². The van der Waals surface area contributed by atoms with E-state index in [4.69, 9.17) is 5.73 Å². The van der Waals surface area contributed by atoms with Crippen molar-refractivity contribution in [2.24, 2.45) is 0 Å². The molecule has 1 heterocycles. The van der Waals surface area contributed by atoms with Crippen molar-refractivity contribution in [3.05, 3.63) is 40.5 Å². The van der Waals surface area contributed by atoms with Gasteiger partial charge in [0.1, 0.15) is 5.82 Å². The van der Waals surface area contributed by atoms with Crippen LogP contribution in [0.3, 0.4) is 0 Å². The Balaban J connectivity index is 2.19. The van der Waals surface area contributed by atoms with Gasteiger partial charge in [0.05, 0.1) is 16.4 Å². The van der Waals surface area contributed by atoms with Gasteiger partial charge >= 0.3 is 0 Å². The van der Waals surface area contributed by atoms with Crippen molar-refractivity contribution in [1.29, 1.82) is 0 Å². The molecule has 0 amide bonds. The summed E-state index contributed by atoms with van der Waals surface area (Å²) < 4.78 is 0.898. The lowest BCUT2D eigenvalue weighted by molar-refractivity contribution is 0.866. The number of anilines is 4. The van der Waals surface area contributed by atoms with Crippen molar-refractivity contribution < 1.29 is 0 Å². The Morgan fingerprint density at radius 3 is 2.38 bits per heavy atom. The van der Waals surface area contributed by atoms with Gasteiger partial charge in [0.2, 0.25) is 0 Å². The minimum atomic E-state index is 0.685. The zero-order valence-corrected chi connectivity index (χ0v) is 14.2. The van der Waals surface area contributed by atoms with E-state index >= 15 is 0 Å². The predicted octanol–water partition coefficient (Wildman–Crippen LogP) is 4.32. The van der Waals surface area contributed by atoms with Crippen molar-refractivity contribution >= 4 is 38.8 Å². The molecular formula is C16H21BrN4. The molecule has 1 aromatic carbocycles. The minimum absolute atomic E-state index is 0.685. The zero-order chi connectivity index (χ0) is 15.4. The van der Waals surface area contributed by atoms with Crippen LogP contribution >= 0.6 is 15.9 Å². The predicted molar refractivity (Wildman–Crippen MR) is 94.4 cm³/mol. The van der Waals surface area contributed by atoms with Crippen molar-refractivity contribution in [1.82, 2.24) is 4.98 Å². The molecule has 0 spiro atoms. The van der Waals surface area contributed by atoms with E-state index in [1.165, 1.54) is 5.69 Å². The van der Waals surface area contributed by atoms with Crippen LogP contribution in [0, 0.1) is 6.92 Å². The summed E-state index contributed by atoms with van der Waals surface area (Å²) in [5.74, 6) is 0.775. The van der Waals surface area contributed by atoms with E-state index in [1.54, 1.807) is 6.20 Å². The number of halogens is 1. The molecule has 0 aliphatic carbocycles. The molecular weight excluding hydrogens is 328 g/mol. The maximum atomic E-state index is 5.84. The van der Waals surface area contributed by atoms with Gasteiger partial charge in [-0.15, -0.1) is 0 Å². The molecule has 0 aliphatic heterocycles. The Kier molecular flexibility index (Phi) is 5.07. The van der Waals surface area contributed by atoms with Crippen LogP contribution in [0.15, 0.2) is 34.9 Å². The molecule has 0 atom stereocenters. The van der Waals surface area contributed by atoms with E-state index in [0.29, 0.717) is 5.69 Å². The summed E-state index contributed by atoms with van der Waals surface area (Å²) in [7, 11) is 0. The Morgan fingerprint density at radius 2 is 1.81 bits per heavy atom. The van der Waals surface area contributed by atoms with E-state index in [1.807, 2.05) is 6.92 Å². The van der Waals surface area contributed by atoms with Crippen LogP contribution in [0.5, 0.6) is 0 Å². The number of benzene rings is 1. The Hall–Kier alpha value is -1.75. The minimum Gasteiger partial charge on any atom is -0.397 e. The summed E-state index contributed by atoms with van der Waals surface area (Å²) in [5.41, 5.74) is 9.75. The highest BCUT2D eigenvalue weighted by atomic mass is 79.9. The second-order valence-corrected chi connectivity index (χ2v) is 5.64. The standard InChI is InChI=1S/C16H21BrN4/c1-4-21(5-2)13-8-6-12(7-9-13)20-16-15(17)11(3)14(18)10-19-16/h6-10H,4-5,18H2,1-3H3,(H,19,20). The number of nitrogen functional groups attached to an aromatic ring is 1. The third kappa shape index (κ3) is 3.47. The van der Waals surface area contributed by atoms with Crippen molar-refractivity contribution in [3.63, 3.8) is 0 Å². The van der Waals surface area contributed by atoms with Crippen LogP contribution in [-0.4, -0.2) is 18.1 Å². The lowest BCUT2D eigenvalue weighted by Crippen LogP contribution is -2.21. The average Bonchev–Trinajstić information content (AvgIpc) is 2.51. The van der Waals surface area contributed by atoms with Crippen molar-refractivity contribution in [3.8, 4) is 0 Å². The fourth-order valence-corrected chi connectivity index (χ4v) is 2.59. The first kappa shape index (κ1) is 15.6. The van der Waals surface area contributed by atoms with Gasteiger partial charge in [0.15, 0.2) is 0 Å². The number of nitrogens with two attached hydrogens (primary N) is 1. The van der Waals surface area contributed by atoms with Gasteiger partial charge in [0, 0.05) is 24.5 Å². The Labute approximate surface area is 134 Å². The molecule has 1 aromatic heterocycles. The number of nitrogens with one attached hydrogen (secondary N) is 1. The van der Waals surface area contributed by atoms with Gasteiger partial charge in [-0.3, -0.25) is 0 Å². The third-order valence-corrected chi connectivity index (χ3v) is 4.53.